The van der Waals surface area contributed by atoms with E-state index < -0.39 is 0 Å². The van der Waals surface area contributed by atoms with Crippen LogP contribution in [0.4, 0.5) is 0 Å². The molecule has 1 atom stereocenters. The monoisotopic (exact) mass is 432 g/mol. The van der Waals surface area contributed by atoms with Gasteiger partial charge in [0.15, 0.2) is 0 Å². The SMILES string of the molecule is CCCC(Cl)CC([Se]c1ccccc1)[Se]c1ccccc1. The molecule has 0 spiro atoms. The van der Waals surface area contributed by atoms with Gasteiger partial charge in [-0.05, 0) is 0 Å². The summed E-state index contributed by atoms with van der Waals surface area (Å²) in [5.74, 6) is 0. The number of halogens is 1. The van der Waals surface area contributed by atoms with Crippen LogP contribution in [-0.4, -0.2) is 35.3 Å². The Bertz CT molecular complexity index is 460. The van der Waals surface area contributed by atoms with E-state index in [-0.39, 0.29) is 0 Å². The van der Waals surface area contributed by atoms with Crippen molar-refractivity contribution in [3.05, 3.63) is 60.7 Å². The van der Waals surface area contributed by atoms with Gasteiger partial charge in [0.25, 0.3) is 0 Å². The topological polar surface area (TPSA) is 0 Å². The average Bonchev–Trinajstić information content (AvgIpc) is 2.49. The van der Waals surface area contributed by atoms with Gasteiger partial charge in [-0.25, -0.2) is 0 Å². The van der Waals surface area contributed by atoms with Gasteiger partial charge >= 0.3 is 146 Å². The summed E-state index contributed by atoms with van der Waals surface area (Å²) in [7, 11) is 0. The van der Waals surface area contributed by atoms with Crippen molar-refractivity contribution in [3.8, 4) is 0 Å². The number of benzene rings is 2. The van der Waals surface area contributed by atoms with Crippen molar-refractivity contribution >= 4 is 50.4 Å². The molecule has 2 rings (SSSR count). The van der Waals surface area contributed by atoms with Crippen LogP contribution in [0.5, 0.6) is 0 Å². The van der Waals surface area contributed by atoms with Gasteiger partial charge in [-0.3, -0.25) is 0 Å². The van der Waals surface area contributed by atoms with Crippen molar-refractivity contribution in [2.45, 2.75) is 35.3 Å². The van der Waals surface area contributed by atoms with Gasteiger partial charge in [-0.1, -0.05) is 0 Å². The van der Waals surface area contributed by atoms with Gasteiger partial charge in [-0.15, -0.1) is 0 Å². The molecule has 0 fully saturated rings. The van der Waals surface area contributed by atoms with Gasteiger partial charge < -0.3 is 0 Å². The second kappa shape index (κ2) is 9.72. The van der Waals surface area contributed by atoms with E-state index in [1.165, 1.54) is 15.3 Å². The molecule has 0 aliphatic carbocycles. The van der Waals surface area contributed by atoms with Gasteiger partial charge in [0.1, 0.15) is 0 Å². The molecule has 0 nitrogen and oxygen atoms in total. The minimum atomic E-state index is 0.330. The van der Waals surface area contributed by atoms with E-state index in [0.717, 1.165) is 16.6 Å². The maximum absolute atomic E-state index is 6.53. The summed E-state index contributed by atoms with van der Waals surface area (Å²) in [5, 5.41) is 0.330. The predicted octanol–water partition coefficient (Wildman–Crippen LogP) is 3.59. The summed E-state index contributed by atoms with van der Waals surface area (Å²) in [5.41, 5.74) is 0. The van der Waals surface area contributed by atoms with Crippen LogP contribution in [0.2, 0.25) is 3.71 Å². The molecule has 112 valence electrons. The molecule has 0 amide bonds. The van der Waals surface area contributed by atoms with Crippen LogP contribution in [0.1, 0.15) is 26.2 Å². The van der Waals surface area contributed by atoms with E-state index in [4.69, 9.17) is 11.6 Å². The Hall–Kier alpha value is -0.231. The molecular formula is C18H21ClSe2. The van der Waals surface area contributed by atoms with Crippen LogP contribution in [0, 0.1) is 0 Å². The van der Waals surface area contributed by atoms with Gasteiger partial charge in [0.05, 0.1) is 0 Å². The zero-order chi connectivity index (χ0) is 14.9. The molecule has 0 heterocycles. The average molecular weight is 431 g/mol. The fourth-order valence-corrected chi connectivity index (χ4v) is 9.96. The number of alkyl halides is 1. The van der Waals surface area contributed by atoms with E-state index in [2.05, 4.69) is 67.6 Å². The number of rotatable bonds is 8. The van der Waals surface area contributed by atoms with Crippen molar-refractivity contribution in [1.82, 2.24) is 0 Å². The van der Waals surface area contributed by atoms with Crippen molar-refractivity contribution < 1.29 is 0 Å². The number of hydrogen-bond donors (Lipinski definition) is 0. The van der Waals surface area contributed by atoms with Crippen LogP contribution >= 0.6 is 11.6 Å². The van der Waals surface area contributed by atoms with Crippen LogP contribution in [-0.2, 0) is 0 Å². The summed E-state index contributed by atoms with van der Waals surface area (Å²) >= 11 is 7.55. The third-order valence-corrected chi connectivity index (χ3v) is 9.76. The molecular weight excluding hydrogens is 410 g/mol. The summed E-state index contributed by atoms with van der Waals surface area (Å²) < 4.78 is 3.73. The summed E-state index contributed by atoms with van der Waals surface area (Å²) in [6.07, 6.45) is 3.46. The third kappa shape index (κ3) is 6.59. The summed E-state index contributed by atoms with van der Waals surface area (Å²) in [6.45, 7) is 2.22. The minimum absolute atomic E-state index is 0.330. The Morgan fingerprint density at radius 1 is 0.857 bits per heavy atom. The summed E-state index contributed by atoms with van der Waals surface area (Å²) in [4.78, 5) is 0. The van der Waals surface area contributed by atoms with Crippen LogP contribution < -0.4 is 8.92 Å². The van der Waals surface area contributed by atoms with Crippen molar-refractivity contribution in [3.63, 3.8) is 0 Å². The van der Waals surface area contributed by atoms with Crippen LogP contribution in [0.3, 0.4) is 0 Å². The Kier molecular flexibility index (Phi) is 7.93. The first-order valence-electron chi connectivity index (χ1n) is 7.35. The standard InChI is InChI=1S/C18H21ClSe2/c1-2-9-15(19)14-18(20-16-10-5-3-6-11-16)21-17-12-7-4-8-13-17/h3-8,10-13,15,18H,2,9,14H2,1H3. The Balaban J connectivity index is 2.02. The molecule has 0 saturated carbocycles. The molecule has 1 unspecified atom stereocenters. The molecule has 21 heavy (non-hydrogen) atoms. The van der Waals surface area contributed by atoms with E-state index in [1.54, 1.807) is 0 Å². The first-order chi connectivity index (χ1) is 10.3. The molecule has 0 radical (unpaired) electrons. The van der Waals surface area contributed by atoms with E-state index in [9.17, 15) is 0 Å². The fourth-order valence-electron chi connectivity index (χ4n) is 2.06. The molecule has 0 N–H and O–H groups in total. The maximum atomic E-state index is 6.53. The van der Waals surface area contributed by atoms with E-state index >= 15 is 0 Å². The molecule has 0 saturated heterocycles. The van der Waals surface area contributed by atoms with Gasteiger partial charge in [0, 0.05) is 0 Å². The Morgan fingerprint density at radius 3 is 1.76 bits per heavy atom. The zero-order valence-corrected chi connectivity index (χ0v) is 16.4. The molecule has 0 aliphatic rings. The second-order valence-electron chi connectivity index (χ2n) is 4.91. The van der Waals surface area contributed by atoms with Gasteiger partial charge in [0.2, 0.25) is 0 Å². The van der Waals surface area contributed by atoms with E-state index in [0.29, 0.717) is 35.3 Å². The third-order valence-electron chi connectivity index (χ3n) is 3.07. The van der Waals surface area contributed by atoms with Crippen molar-refractivity contribution in [1.29, 1.82) is 0 Å². The Labute approximate surface area is 146 Å². The predicted molar refractivity (Wildman–Crippen MR) is 96.6 cm³/mol. The first-order valence-corrected chi connectivity index (χ1v) is 11.5. The van der Waals surface area contributed by atoms with Crippen LogP contribution in [0.25, 0.3) is 0 Å². The second-order valence-corrected chi connectivity index (χ2v) is 12.4. The molecule has 2 aromatic rings. The normalized spacial score (nSPS) is 12.5. The fraction of sp³-hybridized carbons (Fsp3) is 0.333. The first kappa shape index (κ1) is 17.1. The zero-order valence-electron chi connectivity index (χ0n) is 12.2. The van der Waals surface area contributed by atoms with Gasteiger partial charge in [-0.2, -0.15) is 0 Å². The number of hydrogen-bond acceptors (Lipinski definition) is 0. The molecule has 0 bridgehead atoms. The molecule has 2 aromatic carbocycles. The molecule has 3 heteroatoms. The Morgan fingerprint density at radius 2 is 1.33 bits per heavy atom. The van der Waals surface area contributed by atoms with Crippen molar-refractivity contribution in [2.24, 2.45) is 0 Å². The quantitative estimate of drug-likeness (QED) is 0.443. The summed E-state index contributed by atoms with van der Waals surface area (Å²) in [6, 6.07) is 21.8. The van der Waals surface area contributed by atoms with Crippen LogP contribution in [0.15, 0.2) is 60.7 Å². The molecule has 0 aliphatic heterocycles. The van der Waals surface area contributed by atoms with Crippen molar-refractivity contribution in [2.75, 3.05) is 0 Å². The van der Waals surface area contributed by atoms with E-state index in [1.807, 2.05) is 0 Å². The molecule has 0 aromatic heterocycles.